The number of aliphatic hydroxyl groups excluding tert-OH is 1. The predicted molar refractivity (Wildman–Crippen MR) is 58.9 cm³/mol. The molecule has 1 aromatic carbocycles. The molecule has 1 aliphatic rings. The highest BCUT2D eigenvalue weighted by Crippen LogP contribution is 2.20. The van der Waals surface area contributed by atoms with E-state index in [4.69, 9.17) is 9.84 Å². The van der Waals surface area contributed by atoms with E-state index in [1.54, 1.807) is 13.0 Å². The molecule has 4 nitrogen and oxygen atoms in total. The fourth-order valence-electron chi connectivity index (χ4n) is 1.66. The van der Waals surface area contributed by atoms with Gasteiger partial charge in [-0.25, -0.2) is 0 Å². The van der Waals surface area contributed by atoms with E-state index in [0.717, 1.165) is 11.1 Å². The van der Waals surface area contributed by atoms with Crippen LogP contribution in [0.1, 0.15) is 28.4 Å². The second-order valence-electron chi connectivity index (χ2n) is 4.04. The molecule has 1 unspecified atom stereocenters. The molecule has 2 N–H and O–H groups in total. The largest absolute Gasteiger partial charge is 0.392 e. The Morgan fingerprint density at radius 3 is 3.00 bits per heavy atom. The number of aliphatic hydroxyl groups is 1. The van der Waals surface area contributed by atoms with Gasteiger partial charge < -0.3 is 15.2 Å². The van der Waals surface area contributed by atoms with Crippen LogP contribution in [0.15, 0.2) is 18.2 Å². The van der Waals surface area contributed by atoms with Crippen molar-refractivity contribution in [1.29, 1.82) is 0 Å². The normalized spacial score (nSPS) is 15.6. The third-order valence-corrected chi connectivity index (χ3v) is 2.54. The Labute approximate surface area is 94.2 Å². The monoisotopic (exact) mass is 221 g/mol. The fourth-order valence-corrected chi connectivity index (χ4v) is 1.66. The van der Waals surface area contributed by atoms with E-state index in [9.17, 15) is 4.79 Å². The number of rotatable bonds is 3. The van der Waals surface area contributed by atoms with Crippen molar-refractivity contribution in [3.8, 4) is 0 Å². The first-order valence-corrected chi connectivity index (χ1v) is 5.32. The van der Waals surface area contributed by atoms with E-state index in [2.05, 4.69) is 5.32 Å². The van der Waals surface area contributed by atoms with Crippen molar-refractivity contribution in [3.05, 3.63) is 34.9 Å². The van der Waals surface area contributed by atoms with Crippen LogP contribution in [0.25, 0.3) is 0 Å². The Balaban J connectivity index is 2.06. The van der Waals surface area contributed by atoms with Gasteiger partial charge in [0.25, 0.3) is 5.91 Å². The van der Waals surface area contributed by atoms with E-state index in [-0.39, 0.29) is 12.5 Å². The molecule has 2 rings (SSSR count). The zero-order valence-corrected chi connectivity index (χ0v) is 9.19. The average Bonchev–Trinajstić information content (AvgIpc) is 2.72. The van der Waals surface area contributed by atoms with Crippen molar-refractivity contribution >= 4 is 5.91 Å². The van der Waals surface area contributed by atoms with Crippen LogP contribution >= 0.6 is 0 Å². The van der Waals surface area contributed by atoms with Crippen molar-refractivity contribution in [3.63, 3.8) is 0 Å². The molecule has 0 aromatic heterocycles. The molecule has 0 saturated carbocycles. The number of benzene rings is 1. The first-order valence-electron chi connectivity index (χ1n) is 5.32. The van der Waals surface area contributed by atoms with Crippen LogP contribution in [0.4, 0.5) is 0 Å². The highest BCUT2D eigenvalue weighted by atomic mass is 16.5. The zero-order chi connectivity index (χ0) is 11.5. The molecule has 1 aromatic rings. The van der Waals surface area contributed by atoms with Gasteiger partial charge >= 0.3 is 0 Å². The number of nitrogens with one attached hydrogen (secondary N) is 1. The summed E-state index contributed by atoms with van der Waals surface area (Å²) in [6, 6.07) is 5.55. The molecule has 16 heavy (non-hydrogen) atoms. The average molecular weight is 221 g/mol. The van der Waals surface area contributed by atoms with E-state index >= 15 is 0 Å². The van der Waals surface area contributed by atoms with Crippen molar-refractivity contribution in [2.45, 2.75) is 26.2 Å². The van der Waals surface area contributed by atoms with Crippen molar-refractivity contribution in [1.82, 2.24) is 5.32 Å². The maximum atomic E-state index is 11.7. The zero-order valence-electron chi connectivity index (χ0n) is 9.19. The molecular weight excluding hydrogens is 206 g/mol. The van der Waals surface area contributed by atoms with E-state index in [1.807, 2.05) is 12.1 Å². The van der Waals surface area contributed by atoms with Gasteiger partial charge in [0, 0.05) is 12.1 Å². The van der Waals surface area contributed by atoms with E-state index in [0.29, 0.717) is 18.8 Å². The van der Waals surface area contributed by atoms with Gasteiger partial charge in [-0.1, -0.05) is 6.07 Å². The second kappa shape index (κ2) is 4.63. The summed E-state index contributed by atoms with van der Waals surface area (Å²) in [7, 11) is 0. The molecule has 0 fully saturated rings. The molecule has 0 spiro atoms. The van der Waals surface area contributed by atoms with Crippen LogP contribution in [0.2, 0.25) is 0 Å². The molecule has 1 amide bonds. The quantitative estimate of drug-likeness (QED) is 0.794. The number of ether oxygens (including phenoxy) is 1. The SMILES string of the molecule is CC(O)CNC(=O)c1ccc2c(c1)COC2. The number of amides is 1. The molecule has 1 aliphatic heterocycles. The first-order chi connectivity index (χ1) is 7.66. The minimum Gasteiger partial charge on any atom is -0.392 e. The van der Waals surface area contributed by atoms with Crippen LogP contribution in [0.5, 0.6) is 0 Å². The lowest BCUT2D eigenvalue weighted by atomic mass is 10.1. The van der Waals surface area contributed by atoms with Gasteiger partial charge in [-0.15, -0.1) is 0 Å². The summed E-state index contributed by atoms with van der Waals surface area (Å²) in [6.07, 6.45) is -0.526. The molecule has 1 heterocycles. The number of hydrogen-bond acceptors (Lipinski definition) is 3. The number of hydrogen-bond donors (Lipinski definition) is 2. The lowest BCUT2D eigenvalue weighted by Crippen LogP contribution is -2.30. The van der Waals surface area contributed by atoms with Gasteiger partial charge in [-0.3, -0.25) is 4.79 Å². The molecular formula is C12H15NO3. The standard InChI is InChI=1S/C12H15NO3/c1-8(14)5-13-12(15)9-2-3-10-6-16-7-11(10)4-9/h2-4,8,14H,5-7H2,1H3,(H,13,15). The summed E-state index contributed by atoms with van der Waals surface area (Å²) >= 11 is 0. The Morgan fingerprint density at radius 2 is 2.25 bits per heavy atom. The van der Waals surface area contributed by atoms with Gasteiger partial charge in [-0.2, -0.15) is 0 Å². The third kappa shape index (κ3) is 2.40. The molecule has 4 heteroatoms. The van der Waals surface area contributed by atoms with E-state index < -0.39 is 6.10 Å². The van der Waals surface area contributed by atoms with Crippen molar-refractivity contribution < 1.29 is 14.6 Å². The van der Waals surface area contributed by atoms with Crippen molar-refractivity contribution in [2.24, 2.45) is 0 Å². The predicted octanol–water partition coefficient (Wildman–Crippen LogP) is 0.827. The summed E-state index contributed by atoms with van der Waals surface area (Å²) in [5.74, 6) is -0.157. The Hall–Kier alpha value is -1.39. The summed E-state index contributed by atoms with van der Waals surface area (Å²) in [5.41, 5.74) is 2.83. The van der Waals surface area contributed by atoms with Crippen molar-refractivity contribution in [2.75, 3.05) is 6.54 Å². The van der Waals surface area contributed by atoms with Gasteiger partial charge in [0.15, 0.2) is 0 Å². The minimum absolute atomic E-state index is 0.157. The molecule has 0 bridgehead atoms. The third-order valence-electron chi connectivity index (χ3n) is 2.54. The summed E-state index contributed by atoms with van der Waals surface area (Å²) < 4.78 is 5.28. The lowest BCUT2D eigenvalue weighted by molar-refractivity contribution is 0.0924. The first kappa shape index (κ1) is 11.1. The maximum absolute atomic E-state index is 11.7. The number of fused-ring (bicyclic) bond motifs is 1. The smallest absolute Gasteiger partial charge is 0.251 e. The Kier molecular flexibility index (Phi) is 3.22. The Morgan fingerprint density at radius 1 is 1.50 bits per heavy atom. The van der Waals surface area contributed by atoms with Crippen LogP contribution in [0, 0.1) is 0 Å². The van der Waals surface area contributed by atoms with Crippen LogP contribution in [-0.4, -0.2) is 23.7 Å². The van der Waals surface area contributed by atoms with Crippen LogP contribution in [0.3, 0.4) is 0 Å². The fraction of sp³-hybridized carbons (Fsp3) is 0.417. The number of carbonyl (C=O) groups is 1. The van der Waals surface area contributed by atoms with Gasteiger partial charge in [0.05, 0.1) is 19.3 Å². The minimum atomic E-state index is -0.526. The molecule has 0 radical (unpaired) electrons. The summed E-state index contributed by atoms with van der Waals surface area (Å²) in [4.78, 5) is 11.7. The molecule has 0 aliphatic carbocycles. The highest BCUT2D eigenvalue weighted by Gasteiger charge is 2.14. The summed E-state index contributed by atoms with van der Waals surface area (Å²) in [6.45, 7) is 3.11. The Bertz CT molecular complexity index is 401. The maximum Gasteiger partial charge on any atom is 0.251 e. The van der Waals surface area contributed by atoms with Gasteiger partial charge in [0.1, 0.15) is 0 Å². The number of carbonyl (C=O) groups excluding carboxylic acids is 1. The summed E-state index contributed by atoms with van der Waals surface area (Å²) in [5, 5.41) is 11.7. The molecule has 86 valence electrons. The molecule has 0 saturated heterocycles. The lowest BCUT2D eigenvalue weighted by Gasteiger charge is -2.07. The second-order valence-corrected chi connectivity index (χ2v) is 4.04. The molecule has 1 atom stereocenters. The van der Waals surface area contributed by atoms with Gasteiger partial charge in [0.2, 0.25) is 0 Å². The van der Waals surface area contributed by atoms with Gasteiger partial charge in [-0.05, 0) is 30.2 Å². The van der Waals surface area contributed by atoms with Crippen LogP contribution < -0.4 is 5.32 Å². The highest BCUT2D eigenvalue weighted by molar-refractivity contribution is 5.94. The topological polar surface area (TPSA) is 58.6 Å². The van der Waals surface area contributed by atoms with E-state index in [1.165, 1.54) is 0 Å². The van der Waals surface area contributed by atoms with Crippen LogP contribution in [-0.2, 0) is 18.0 Å².